The van der Waals surface area contributed by atoms with Crippen molar-refractivity contribution in [2.75, 3.05) is 11.9 Å². The average Bonchev–Trinajstić information content (AvgIpc) is 2.46. The van der Waals surface area contributed by atoms with Crippen LogP contribution in [0.5, 0.6) is 0 Å². The second kappa shape index (κ2) is 6.85. The van der Waals surface area contributed by atoms with Crippen LogP contribution in [-0.4, -0.2) is 34.2 Å². The van der Waals surface area contributed by atoms with Gasteiger partial charge in [0.2, 0.25) is 0 Å². The van der Waals surface area contributed by atoms with Crippen LogP contribution in [-0.2, 0) is 4.74 Å². The summed E-state index contributed by atoms with van der Waals surface area (Å²) >= 11 is 0. The first-order valence-corrected chi connectivity index (χ1v) is 7.77. The predicted octanol–water partition coefficient (Wildman–Crippen LogP) is 3.75. The van der Waals surface area contributed by atoms with Crippen LogP contribution in [0.15, 0.2) is 24.3 Å². The Kier molecular flexibility index (Phi) is 5.08. The van der Waals surface area contributed by atoms with E-state index in [1.165, 1.54) is 6.07 Å². The summed E-state index contributed by atoms with van der Waals surface area (Å²) in [4.78, 5) is 24.7. The van der Waals surface area contributed by atoms with Crippen molar-refractivity contribution in [2.45, 2.75) is 51.8 Å². The SMILES string of the molecule is CC(C)(C)OC(=O)N1CCCCC1Nc1ccccc1[N+](=O)[O-]. The third kappa shape index (κ3) is 4.58. The monoisotopic (exact) mass is 321 g/mol. The van der Waals surface area contributed by atoms with Gasteiger partial charge < -0.3 is 10.1 Å². The van der Waals surface area contributed by atoms with Crippen molar-refractivity contribution in [3.8, 4) is 0 Å². The summed E-state index contributed by atoms with van der Waals surface area (Å²) in [6.45, 7) is 6.03. The third-order valence-corrected chi connectivity index (χ3v) is 3.55. The smallest absolute Gasteiger partial charge is 0.411 e. The molecule has 7 nitrogen and oxygen atoms in total. The Morgan fingerprint density at radius 2 is 2.04 bits per heavy atom. The van der Waals surface area contributed by atoms with Gasteiger partial charge in [0.15, 0.2) is 0 Å². The van der Waals surface area contributed by atoms with Gasteiger partial charge in [-0.3, -0.25) is 15.0 Å². The lowest BCUT2D eigenvalue weighted by molar-refractivity contribution is -0.384. The number of nitrogens with zero attached hydrogens (tertiary/aromatic N) is 2. The molecule has 1 aromatic carbocycles. The van der Waals surface area contributed by atoms with E-state index in [0.717, 1.165) is 19.3 Å². The van der Waals surface area contributed by atoms with Crippen LogP contribution in [0.3, 0.4) is 0 Å². The molecule has 1 N–H and O–H groups in total. The van der Waals surface area contributed by atoms with Gasteiger partial charge in [-0.15, -0.1) is 0 Å². The molecule has 0 spiro atoms. The van der Waals surface area contributed by atoms with E-state index in [1.807, 2.05) is 20.8 Å². The summed E-state index contributed by atoms with van der Waals surface area (Å²) in [6, 6.07) is 6.45. The number of likely N-dealkylation sites (tertiary alicyclic amines) is 1. The normalized spacial score (nSPS) is 18.4. The third-order valence-electron chi connectivity index (χ3n) is 3.55. The Labute approximate surface area is 135 Å². The van der Waals surface area contributed by atoms with Crippen LogP contribution in [0.4, 0.5) is 16.2 Å². The van der Waals surface area contributed by atoms with Gasteiger partial charge in [-0.1, -0.05) is 12.1 Å². The highest BCUT2D eigenvalue weighted by Gasteiger charge is 2.31. The minimum absolute atomic E-state index is 0.00205. The summed E-state index contributed by atoms with van der Waals surface area (Å²) in [7, 11) is 0. The molecule has 23 heavy (non-hydrogen) atoms. The van der Waals surface area contributed by atoms with E-state index < -0.39 is 16.6 Å². The number of carbonyl (C=O) groups excluding carboxylic acids is 1. The van der Waals surface area contributed by atoms with Gasteiger partial charge in [-0.05, 0) is 46.1 Å². The molecule has 1 unspecified atom stereocenters. The fourth-order valence-electron chi connectivity index (χ4n) is 2.56. The summed E-state index contributed by atoms with van der Waals surface area (Å²) < 4.78 is 5.44. The van der Waals surface area contributed by atoms with Gasteiger partial charge in [0.05, 0.1) is 4.92 Å². The van der Waals surface area contributed by atoms with Crippen molar-refractivity contribution < 1.29 is 14.5 Å². The minimum atomic E-state index is -0.572. The molecule has 1 fully saturated rings. The molecule has 0 aromatic heterocycles. The number of carbonyl (C=O) groups is 1. The van der Waals surface area contributed by atoms with Gasteiger partial charge in [0.25, 0.3) is 5.69 Å². The van der Waals surface area contributed by atoms with E-state index >= 15 is 0 Å². The van der Waals surface area contributed by atoms with E-state index in [-0.39, 0.29) is 11.9 Å². The molecule has 0 bridgehead atoms. The number of para-hydroxylation sites is 2. The lowest BCUT2D eigenvalue weighted by atomic mass is 10.1. The molecule has 1 aliphatic heterocycles. The summed E-state index contributed by atoms with van der Waals surface area (Å²) in [5.41, 5.74) is -0.155. The highest BCUT2D eigenvalue weighted by Crippen LogP contribution is 2.28. The summed E-state index contributed by atoms with van der Waals surface area (Å²) in [5.74, 6) is 0. The zero-order valence-corrected chi connectivity index (χ0v) is 13.7. The number of benzene rings is 1. The van der Waals surface area contributed by atoms with E-state index in [0.29, 0.717) is 12.2 Å². The summed E-state index contributed by atoms with van der Waals surface area (Å²) in [6.07, 6.45) is 1.88. The predicted molar refractivity (Wildman–Crippen MR) is 87.3 cm³/mol. The quantitative estimate of drug-likeness (QED) is 0.677. The molecular formula is C16H23N3O4. The average molecular weight is 321 g/mol. The van der Waals surface area contributed by atoms with Crippen molar-refractivity contribution >= 4 is 17.5 Å². The van der Waals surface area contributed by atoms with Crippen LogP contribution >= 0.6 is 0 Å². The molecule has 126 valence electrons. The van der Waals surface area contributed by atoms with Crippen LogP contribution < -0.4 is 5.32 Å². The molecule has 1 heterocycles. The number of rotatable bonds is 3. The zero-order valence-electron chi connectivity index (χ0n) is 13.7. The number of hydrogen-bond acceptors (Lipinski definition) is 5. The van der Waals surface area contributed by atoms with Crippen molar-refractivity contribution in [3.63, 3.8) is 0 Å². The number of anilines is 1. The number of nitro benzene ring substituents is 1. The first kappa shape index (κ1) is 17.1. The zero-order chi connectivity index (χ0) is 17.0. The second-order valence-electron chi connectivity index (χ2n) is 6.60. The fourth-order valence-corrected chi connectivity index (χ4v) is 2.56. The van der Waals surface area contributed by atoms with E-state index in [2.05, 4.69) is 5.32 Å². The molecular weight excluding hydrogens is 298 g/mol. The highest BCUT2D eigenvalue weighted by molar-refractivity contribution is 5.70. The van der Waals surface area contributed by atoms with Gasteiger partial charge in [0, 0.05) is 12.6 Å². The molecule has 0 aliphatic carbocycles. The minimum Gasteiger partial charge on any atom is -0.444 e. The lowest BCUT2D eigenvalue weighted by Gasteiger charge is -2.37. The molecule has 1 saturated heterocycles. The molecule has 1 atom stereocenters. The molecule has 0 radical (unpaired) electrons. The van der Waals surface area contributed by atoms with Crippen molar-refractivity contribution in [1.29, 1.82) is 0 Å². The van der Waals surface area contributed by atoms with Gasteiger partial charge >= 0.3 is 6.09 Å². The Hall–Kier alpha value is -2.31. The second-order valence-corrected chi connectivity index (χ2v) is 6.60. The molecule has 1 aliphatic rings. The van der Waals surface area contributed by atoms with Crippen molar-refractivity contribution in [1.82, 2.24) is 4.90 Å². The van der Waals surface area contributed by atoms with E-state index in [9.17, 15) is 14.9 Å². The highest BCUT2D eigenvalue weighted by atomic mass is 16.6. The Morgan fingerprint density at radius 3 is 2.70 bits per heavy atom. The number of ether oxygens (including phenoxy) is 1. The largest absolute Gasteiger partial charge is 0.444 e. The Balaban J connectivity index is 2.16. The number of amides is 1. The number of nitro groups is 1. The molecule has 0 saturated carbocycles. The van der Waals surface area contributed by atoms with Crippen LogP contribution in [0, 0.1) is 10.1 Å². The first-order valence-electron chi connectivity index (χ1n) is 7.77. The maximum Gasteiger partial charge on any atom is 0.411 e. The topological polar surface area (TPSA) is 84.7 Å². The van der Waals surface area contributed by atoms with E-state index in [4.69, 9.17) is 4.74 Å². The Morgan fingerprint density at radius 1 is 1.35 bits per heavy atom. The standard InChI is InChI=1S/C16H23N3O4/c1-16(2,3)23-15(20)18-11-7-6-10-14(18)17-12-8-4-5-9-13(12)19(21)22/h4-5,8-9,14,17H,6-7,10-11H2,1-3H3. The molecule has 1 aromatic rings. The van der Waals surface area contributed by atoms with E-state index in [1.54, 1.807) is 23.1 Å². The van der Waals surface area contributed by atoms with Crippen LogP contribution in [0.2, 0.25) is 0 Å². The van der Waals surface area contributed by atoms with Crippen molar-refractivity contribution in [2.24, 2.45) is 0 Å². The van der Waals surface area contributed by atoms with Gasteiger partial charge in [-0.2, -0.15) is 0 Å². The van der Waals surface area contributed by atoms with Crippen LogP contribution in [0.1, 0.15) is 40.0 Å². The lowest BCUT2D eigenvalue weighted by Crippen LogP contribution is -2.49. The molecule has 1 amide bonds. The maximum atomic E-state index is 12.4. The molecule has 7 heteroatoms. The van der Waals surface area contributed by atoms with Crippen molar-refractivity contribution in [3.05, 3.63) is 34.4 Å². The van der Waals surface area contributed by atoms with Gasteiger partial charge in [0.1, 0.15) is 17.5 Å². The van der Waals surface area contributed by atoms with Gasteiger partial charge in [-0.25, -0.2) is 4.79 Å². The number of piperidine rings is 1. The first-order chi connectivity index (χ1) is 10.8. The number of nitrogens with one attached hydrogen (secondary N) is 1. The van der Waals surface area contributed by atoms with Crippen LogP contribution in [0.25, 0.3) is 0 Å². The maximum absolute atomic E-state index is 12.4. The Bertz CT molecular complexity index is 583. The molecule has 2 rings (SSSR count). The summed E-state index contributed by atoms with van der Waals surface area (Å²) in [5, 5.41) is 14.3. The fraction of sp³-hybridized carbons (Fsp3) is 0.562. The number of hydrogen-bond donors (Lipinski definition) is 1.